The van der Waals surface area contributed by atoms with Crippen molar-refractivity contribution in [1.29, 1.82) is 0 Å². The number of carbonyl (C=O) groups is 2. The van der Waals surface area contributed by atoms with Crippen LogP contribution in [0.25, 0.3) is 0 Å². The Bertz CT molecular complexity index is 793. The van der Waals surface area contributed by atoms with Gasteiger partial charge in [0.1, 0.15) is 0 Å². The highest BCUT2D eigenvalue weighted by Gasteiger charge is 2.40. The number of hydrogen-bond donors (Lipinski definition) is 1. The number of likely N-dealkylation sites (tertiary alicyclic amines) is 1. The summed E-state index contributed by atoms with van der Waals surface area (Å²) in [5.41, 5.74) is 1.06. The molecule has 0 radical (unpaired) electrons. The smallest absolute Gasteiger partial charge is 0.308 e. The number of carbonyl (C=O) groups excluding carboxylic acids is 1. The number of halogens is 1. The number of benzene rings is 2. The van der Waals surface area contributed by atoms with Gasteiger partial charge in [-0.2, -0.15) is 0 Å². The molecule has 1 aliphatic rings. The second kappa shape index (κ2) is 6.93. The lowest BCUT2D eigenvalue weighted by atomic mass is 9.89. The van der Waals surface area contributed by atoms with E-state index in [2.05, 4.69) is 0 Å². The number of nitrogens with zero attached hydrogens (tertiary/aromatic N) is 1. The van der Waals surface area contributed by atoms with Gasteiger partial charge in [0.2, 0.25) is 0 Å². The molecule has 1 saturated heterocycles. The Morgan fingerprint density at radius 3 is 2.48 bits per heavy atom. The average Bonchev–Trinajstić information content (AvgIpc) is 3.07. The van der Waals surface area contributed by atoms with Crippen LogP contribution in [0.5, 0.6) is 5.75 Å². The van der Waals surface area contributed by atoms with E-state index in [0.29, 0.717) is 0 Å². The summed E-state index contributed by atoms with van der Waals surface area (Å²) in [5, 5.41) is 9.51. The van der Waals surface area contributed by atoms with Crippen molar-refractivity contribution < 1.29 is 23.8 Å². The second-order valence-corrected chi connectivity index (χ2v) is 6.02. The number of methoxy groups -OCH3 is 1. The zero-order valence-corrected chi connectivity index (χ0v) is 13.7. The quantitative estimate of drug-likeness (QED) is 0.927. The summed E-state index contributed by atoms with van der Waals surface area (Å²) in [7, 11) is 1.35. The molecule has 3 rings (SSSR count). The van der Waals surface area contributed by atoms with Crippen molar-refractivity contribution in [2.24, 2.45) is 5.92 Å². The highest BCUT2D eigenvalue weighted by Crippen LogP contribution is 2.34. The molecule has 1 fully saturated rings. The van der Waals surface area contributed by atoms with Crippen LogP contribution in [0.4, 0.5) is 4.39 Å². The molecule has 25 heavy (non-hydrogen) atoms. The van der Waals surface area contributed by atoms with Crippen LogP contribution in [-0.2, 0) is 4.79 Å². The fraction of sp³-hybridized carbons (Fsp3) is 0.263. The summed E-state index contributed by atoms with van der Waals surface area (Å²) in [4.78, 5) is 25.8. The predicted molar refractivity (Wildman–Crippen MR) is 89.2 cm³/mol. The van der Waals surface area contributed by atoms with Crippen molar-refractivity contribution in [3.8, 4) is 5.75 Å². The molecular weight excluding hydrogens is 325 g/mol. The number of carboxylic acids is 1. The van der Waals surface area contributed by atoms with Gasteiger partial charge in [-0.3, -0.25) is 9.59 Å². The Morgan fingerprint density at radius 1 is 1.16 bits per heavy atom. The van der Waals surface area contributed by atoms with E-state index >= 15 is 0 Å². The number of ether oxygens (including phenoxy) is 1. The molecule has 0 saturated carbocycles. The third kappa shape index (κ3) is 3.33. The van der Waals surface area contributed by atoms with E-state index in [1.165, 1.54) is 24.1 Å². The number of rotatable bonds is 4. The first-order valence-corrected chi connectivity index (χ1v) is 7.92. The molecule has 2 atom stereocenters. The molecule has 6 heteroatoms. The van der Waals surface area contributed by atoms with Gasteiger partial charge in [-0.05, 0) is 23.8 Å². The molecule has 1 amide bonds. The van der Waals surface area contributed by atoms with E-state index in [0.717, 1.165) is 11.6 Å². The van der Waals surface area contributed by atoms with Crippen LogP contribution in [-0.4, -0.2) is 42.1 Å². The minimum Gasteiger partial charge on any atom is -0.494 e. The van der Waals surface area contributed by atoms with Crippen molar-refractivity contribution in [2.75, 3.05) is 20.2 Å². The van der Waals surface area contributed by atoms with E-state index in [9.17, 15) is 19.1 Å². The van der Waals surface area contributed by atoms with Gasteiger partial charge in [0.05, 0.1) is 13.0 Å². The molecule has 0 unspecified atom stereocenters. The number of amides is 1. The largest absolute Gasteiger partial charge is 0.494 e. The molecule has 2 aromatic rings. The fourth-order valence-electron chi connectivity index (χ4n) is 3.24. The number of aliphatic carboxylic acids is 1. The highest BCUT2D eigenvalue weighted by atomic mass is 19.1. The fourth-order valence-corrected chi connectivity index (χ4v) is 3.24. The van der Waals surface area contributed by atoms with Crippen molar-refractivity contribution in [1.82, 2.24) is 4.90 Å². The van der Waals surface area contributed by atoms with Crippen molar-refractivity contribution >= 4 is 11.9 Å². The first kappa shape index (κ1) is 17.0. The Labute approximate surface area is 144 Å². The minimum atomic E-state index is -0.940. The summed E-state index contributed by atoms with van der Waals surface area (Å²) in [5.74, 6) is -2.86. The lowest BCUT2D eigenvalue weighted by Gasteiger charge is -2.17. The summed E-state index contributed by atoms with van der Waals surface area (Å²) < 4.78 is 18.7. The van der Waals surface area contributed by atoms with E-state index in [1.807, 2.05) is 30.3 Å². The summed E-state index contributed by atoms with van der Waals surface area (Å²) in [6.07, 6.45) is 0. The van der Waals surface area contributed by atoms with Gasteiger partial charge < -0.3 is 14.7 Å². The van der Waals surface area contributed by atoms with Crippen LogP contribution in [0.3, 0.4) is 0 Å². The Balaban J connectivity index is 1.85. The molecule has 1 N–H and O–H groups in total. The Morgan fingerprint density at radius 2 is 1.88 bits per heavy atom. The SMILES string of the molecule is COc1ccc(C(=O)N2C[C@H](C(=O)O)[C@H](c3ccccc3)C2)cc1F. The van der Waals surface area contributed by atoms with Gasteiger partial charge in [-0.15, -0.1) is 0 Å². The third-order valence-electron chi connectivity index (χ3n) is 4.55. The maximum absolute atomic E-state index is 13.9. The molecule has 1 heterocycles. The summed E-state index contributed by atoms with van der Waals surface area (Å²) in [6, 6.07) is 13.3. The van der Waals surface area contributed by atoms with Gasteiger partial charge >= 0.3 is 5.97 Å². The molecule has 0 bridgehead atoms. The van der Waals surface area contributed by atoms with E-state index in [4.69, 9.17) is 4.74 Å². The molecule has 2 aromatic carbocycles. The zero-order chi connectivity index (χ0) is 18.0. The molecular formula is C19H18FNO4. The van der Waals surface area contributed by atoms with Crippen LogP contribution in [0, 0.1) is 11.7 Å². The lowest BCUT2D eigenvalue weighted by Crippen LogP contribution is -2.30. The summed E-state index contributed by atoms with van der Waals surface area (Å²) >= 11 is 0. The lowest BCUT2D eigenvalue weighted by molar-refractivity contribution is -0.141. The minimum absolute atomic E-state index is 0.0588. The Kier molecular flexibility index (Phi) is 4.70. The van der Waals surface area contributed by atoms with Crippen LogP contribution >= 0.6 is 0 Å². The van der Waals surface area contributed by atoms with Crippen LogP contribution in [0.1, 0.15) is 21.8 Å². The third-order valence-corrected chi connectivity index (χ3v) is 4.55. The first-order valence-electron chi connectivity index (χ1n) is 7.92. The number of hydrogen-bond acceptors (Lipinski definition) is 3. The maximum Gasteiger partial charge on any atom is 0.308 e. The molecule has 0 spiro atoms. The molecule has 5 nitrogen and oxygen atoms in total. The first-order chi connectivity index (χ1) is 12.0. The van der Waals surface area contributed by atoms with Crippen LogP contribution in [0.2, 0.25) is 0 Å². The van der Waals surface area contributed by atoms with Crippen molar-refractivity contribution in [3.63, 3.8) is 0 Å². The van der Waals surface area contributed by atoms with Gasteiger partial charge in [0.15, 0.2) is 11.6 Å². The van der Waals surface area contributed by atoms with Crippen molar-refractivity contribution in [2.45, 2.75) is 5.92 Å². The molecule has 1 aliphatic heterocycles. The molecule has 0 aliphatic carbocycles. The molecule has 130 valence electrons. The van der Waals surface area contributed by atoms with E-state index in [1.54, 1.807) is 0 Å². The standard InChI is InChI=1S/C19H18FNO4/c1-25-17-8-7-13(9-16(17)20)18(22)21-10-14(15(11-21)19(23)24)12-5-3-2-4-6-12/h2-9,14-15H,10-11H2,1H3,(H,23,24)/t14-,15-/m0/s1. The summed E-state index contributed by atoms with van der Waals surface area (Å²) in [6.45, 7) is 0.384. The van der Waals surface area contributed by atoms with Crippen LogP contribution < -0.4 is 4.74 Å². The zero-order valence-electron chi connectivity index (χ0n) is 13.7. The second-order valence-electron chi connectivity index (χ2n) is 6.02. The van der Waals surface area contributed by atoms with E-state index < -0.39 is 17.7 Å². The van der Waals surface area contributed by atoms with Gasteiger partial charge in [0, 0.05) is 24.6 Å². The van der Waals surface area contributed by atoms with Gasteiger partial charge in [0.25, 0.3) is 5.91 Å². The topological polar surface area (TPSA) is 66.8 Å². The van der Waals surface area contributed by atoms with Crippen LogP contribution in [0.15, 0.2) is 48.5 Å². The maximum atomic E-state index is 13.9. The van der Waals surface area contributed by atoms with Gasteiger partial charge in [-0.1, -0.05) is 30.3 Å². The monoisotopic (exact) mass is 343 g/mol. The highest BCUT2D eigenvalue weighted by molar-refractivity contribution is 5.95. The van der Waals surface area contributed by atoms with E-state index in [-0.39, 0.29) is 36.2 Å². The molecule has 0 aromatic heterocycles. The Hall–Kier alpha value is -2.89. The van der Waals surface area contributed by atoms with Crippen molar-refractivity contribution in [3.05, 3.63) is 65.5 Å². The number of carboxylic acid groups (broad SMARTS) is 1. The normalized spacial score (nSPS) is 19.7. The average molecular weight is 343 g/mol. The van der Waals surface area contributed by atoms with Gasteiger partial charge in [-0.25, -0.2) is 4.39 Å². The predicted octanol–water partition coefficient (Wildman–Crippen LogP) is 2.77.